The lowest BCUT2D eigenvalue weighted by atomic mass is 9.96. The number of carbonyl (C=O) groups excluding carboxylic acids is 1. The van der Waals surface area contributed by atoms with E-state index < -0.39 is 0 Å². The molecule has 0 spiro atoms. The molecule has 0 radical (unpaired) electrons. The van der Waals surface area contributed by atoms with E-state index in [9.17, 15) is 4.79 Å². The number of anilines is 1. The smallest absolute Gasteiger partial charge is 0.253 e. The van der Waals surface area contributed by atoms with Gasteiger partial charge < -0.3 is 15.2 Å². The summed E-state index contributed by atoms with van der Waals surface area (Å²) in [5.74, 6) is 1.47. The van der Waals surface area contributed by atoms with Gasteiger partial charge in [0.05, 0.1) is 10.2 Å². The number of fused-ring (bicyclic) bond motifs is 1. The molecule has 3 heterocycles. The molecule has 2 aromatic heterocycles. The van der Waals surface area contributed by atoms with Crippen LogP contribution in [0.1, 0.15) is 47.4 Å². The molecule has 2 N–H and O–H groups in total. The standard InChI is InChI=1S/C19H23N5OS/c1-3-23-8-6-21-17(23)13-5-4-7-24(11-13)18(25)14-9-12(2)16-15(10-14)26-19(20)22-16/h6,8-10,13H,3-5,7,11H2,1-2H3,(H2,20,22). The van der Waals surface area contributed by atoms with E-state index in [4.69, 9.17) is 5.73 Å². The van der Waals surface area contributed by atoms with Crippen LogP contribution in [0.15, 0.2) is 24.5 Å². The molecule has 0 saturated carbocycles. The van der Waals surface area contributed by atoms with Gasteiger partial charge in [0.25, 0.3) is 5.91 Å². The zero-order valence-corrected chi connectivity index (χ0v) is 15.9. The van der Waals surface area contributed by atoms with Gasteiger partial charge in [-0.2, -0.15) is 0 Å². The Bertz CT molecular complexity index is 960. The first-order valence-electron chi connectivity index (χ1n) is 9.03. The van der Waals surface area contributed by atoms with E-state index in [0.717, 1.165) is 59.6 Å². The fourth-order valence-corrected chi connectivity index (χ4v) is 4.69. The molecule has 3 aromatic rings. The van der Waals surface area contributed by atoms with Crippen LogP contribution in [0.3, 0.4) is 0 Å². The van der Waals surface area contributed by atoms with Crippen LogP contribution in [-0.4, -0.2) is 38.4 Å². The number of nitrogen functional groups attached to an aromatic ring is 1. The van der Waals surface area contributed by atoms with Gasteiger partial charge >= 0.3 is 0 Å². The largest absolute Gasteiger partial charge is 0.375 e. The van der Waals surface area contributed by atoms with Crippen LogP contribution in [-0.2, 0) is 6.54 Å². The van der Waals surface area contributed by atoms with Gasteiger partial charge in [-0.15, -0.1) is 0 Å². The molecular formula is C19H23N5OS. The summed E-state index contributed by atoms with van der Waals surface area (Å²) in [4.78, 5) is 24.0. The number of piperidine rings is 1. The van der Waals surface area contributed by atoms with Crippen molar-refractivity contribution in [2.24, 2.45) is 0 Å². The molecule has 1 aliphatic rings. The number of imidazole rings is 1. The first-order chi connectivity index (χ1) is 12.6. The first kappa shape index (κ1) is 17.0. The number of aromatic nitrogens is 3. The summed E-state index contributed by atoms with van der Waals surface area (Å²) in [7, 11) is 0. The number of amides is 1. The average molecular weight is 369 g/mol. The molecule has 136 valence electrons. The van der Waals surface area contributed by atoms with Gasteiger partial charge in [0.15, 0.2) is 5.13 Å². The zero-order chi connectivity index (χ0) is 18.3. The minimum Gasteiger partial charge on any atom is -0.375 e. The third-order valence-electron chi connectivity index (χ3n) is 5.11. The third-order valence-corrected chi connectivity index (χ3v) is 5.94. The molecule has 7 heteroatoms. The van der Waals surface area contributed by atoms with Crippen molar-refractivity contribution in [1.29, 1.82) is 0 Å². The molecule has 1 aromatic carbocycles. The Morgan fingerprint density at radius 2 is 2.27 bits per heavy atom. The predicted octanol–water partition coefficient (Wildman–Crippen LogP) is 3.42. The number of hydrogen-bond acceptors (Lipinski definition) is 5. The Morgan fingerprint density at radius 1 is 1.42 bits per heavy atom. The number of aryl methyl sites for hydroxylation is 2. The van der Waals surface area contributed by atoms with E-state index in [1.54, 1.807) is 0 Å². The molecule has 4 rings (SSSR count). The lowest BCUT2D eigenvalue weighted by Gasteiger charge is -2.32. The third kappa shape index (κ3) is 2.96. The summed E-state index contributed by atoms with van der Waals surface area (Å²) in [5, 5.41) is 0.539. The quantitative estimate of drug-likeness (QED) is 0.767. The van der Waals surface area contributed by atoms with Crippen molar-refractivity contribution < 1.29 is 4.79 Å². The minimum atomic E-state index is 0.0845. The molecule has 6 nitrogen and oxygen atoms in total. The highest BCUT2D eigenvalue weighted by Crippen LogP contribution is 2.30. The highest BCUT2D eigenvalue weighted by Gasteiger charge is 2.28. The van der Waals surface area contributed by atoms with Gasteiger partial charge in [0, 0.05) is 43.5 Å². The highest BCUT2D eigenvalue weighted by atomic mass is 32.1. The van der Waals surface area contributed by atoms with Gasteiger partial charge in [-0.05, 0) is 44.4 Å². The fourth-order valence-electron chi connectivity index (χ4n) is 3.84. The van der Waals surface area contributed by atoms with Gasteiger partial charge in [0.1, 0.15) is 5.82 Å². The molecule has 1 fully saturated rings. The van der Waals surface area contributed by atoms with Crippen LogP contribution in [0.25, 0.3) is 10.2 Å². The topological polar surface area (TPSA) is 77.0 Å². The maximum absolute atomic E-state index is 13.1. The number of nitrogens with two attached hydrogens (primary N) is 1. The van der Waals surface area contributed by atoms with Crippen LogP contribution in [0.4, 0.5) is 5.13 Å². The summed E-state index contributed by atoms with van der Waals surface area (Å²) in [6, 6.07) is 3.86. The lowest BCUT2D eigenvalue weighted by molar-refractivity contribution is 0.0703. The Hall–Kier alpha value is -2.41. The summed E-state index contributed by atoms with van der Waals surface area (Å²) in [6.07, 6.45) is 5.94. The summed E-state index contributed by atoms with van der Waals surface area (Å²) in [6.45, 7) is 6.52. The maximum atomic E-state index is 13.1. The Balaban J connectivity index is 1.60. The minimum absolute atomic E-state index is 0.0845. The highest BCUT2D eigenvalue weighted by molar-refractivity contribution is 7.22. The van der Waals surface area contributed by atoms with E-state index in [1.165, 1.54) is 11.3 Å². The summed E-state index contributed by atoms with van der Waals surface area (Å²) >= 11 is 1.43. The van der Waals surface area contributed by atoms with E-state index in [2.05, 4.69) is 21.5 Å². The average Bonchev–Trinajstić information content (AvgIpc) is 3.27. The molecule has 1 unspecified atom stereocenters. The van der Waals surface area contributed by atoms with Crippen molar-refractivity contribution in [2.45, 2.75) is 39.2 Å². The van der Waals surface area contributed by atoms with E-state index >= 15 is 0 Å². The van der Waals surface area contributed by atoms with E-state index in [0.29, 0.717) is 11.0 Å². The molecule has 0 bridgehead atoms. The van der Waals surface area contributed by atoms with Crippen LogP contribution in [0, 0.1) is 6.92 Å². The van der Waals surface area contributed by atoms with Crippen molar-refractivity contribution >= 4 is 32.6 Å². The second kappa shape index (κ2) is 6.72. The molecule has 1 aliphatic heterocycles. The molecule has 1 saturated heterocycles. The number of nitrogens with zero attached hydrogens (tertiary/aromatic N) is 4. The lowest BCUT2D eigenvalue weighted by Crippen LogP contribution is -2.39. The molecule has 0 aliphatic carbocycles. The van der Waals surface area contributed by atoms with E-state index in [-0.39, 0.29) is 5.91 Å². The normalized spacial score (nSPS) is 17.8. The number of benzene rings is 1. The van der Waals surface area contributed by atoms with Crippen LogP contribution < -0.4 is 5.73 Å². The molecular weight excluding hydrogens is 346 g/mol. The number of rotatable bonds is 3. The molecule has 1 atom stereocenters. The van der Waals surface area contributed by atoms with Crippen molar-refractivity contribution in [3.8, 4) is 0 Å². The van der Waals surface area contributed by atoms with Crippen molar-refractivity contribution in [1.82, 2.24) is 19.4 Å². The second-order valence-corrected chi connectivity index (χ2v) is 7.92. The summed E-state index contributed by atoms with van der Waals surface area (Å²) < 4.78 is 3.15. The number of thiazole rings is 1. The Labute approximate surface area is 156 Å². The van der Waals surface area contributed by atoms with Crippen molar-refractivity contribution in [3.63, 3.8) is 0 Å². The van der Waals surface area contributed by atoms with Crippen molar-refractivity contribution in [3.05, 3.63) is 41.5 Å². The van der Waals surface area contributed by atoms with Gasteiger partial charge in [0.2, 0.25) is 0 Å². The van der Waals surface area contributed by atoms with Gasteiger partial charge in [-0.25, -0.2) is 9.97 Å². The van der Waals surface area contributed by atoms with Gasteiger partial charge in [-0.1, -0.05) is 11.3 Å². The molecule has 1 amide bonds. The number of carbonyl (C=O) groups is 1. The van der Waals surface area contributed by atoms with E-state index in [1.807, 2.05) is 36.4 Å². The summed E-state index contributed by atoms with van der Waals surface area (Å²) in [5.41, 5.74) is 8.44. The fraction of sp³-hybridized carbons (Fsp3) is 0.421. The Morgan fingerprint density at radius 3 is 3.08 bits per heavy atom. The van der Waals surface area contributed by atoms with Crippen molar-refractivity contribution in [2.75, 3.05) is 18.8 Å². The number of likely N-dealkylation sites (tertiary alicyclic amines) is 1. The van der Waals surface area contributed by atoms with Gasteiger partial charge in [-0.3, -0.25) is 4.79 Å². The second-order valence-electron chi connectivity index (χ2n) is 6.85. The first-order valence-corrected chi connectivity index (χ1v) is 9.85. The molecule has 26 heavy (non-hydrogen) atoms. The predicted molar refractivity (Wildman–Crippen MR) is 105 cm³/mol. The zero-order valence-electron chi connectivity index (χ0n) is 15.1. The maximum Gasteiger partial charge on any atom is 0.253 e. The Kier molecular flexibility index (Phi) is 4.40. The number of hydrogen-bond donors (Lipinski definition) is 1. The van der Waals surface area contributed by atoms with Crippen LogP contribution in [0.2, 0.25) is 0 Å². The SMILES string of the molecule is CCn1ccnc1C1CCCN(C(=O)c2cc(C)c3nc(N)sc3c2)C1. The van der Waals surface area contributed by atoms with Crippen LogP contribution >= 0.6 is 11.3 Å². The monoisotopic (exact) mass is 369 g/mol. The van der Waals surface area contributed by atoms with Crippen LogP contribution in [0.5, 0.6) is 0 Å².